The van der Waals surface area contributed by atoms with E-state index in [1.54, 1.807) is 4.90 Å². The van der Waals surface area contributed by atoms with Crippen molar-refractivity contribution in [2.75, 3.05) is 13.1 Å². The van der Waals surface area contributed by atoms with Crippen LogP contribution in [-0.4, -0.2) is 43.9 Å². The Labute approximate surface area is 147 Å². The van der Waals surface area contributed by atoms with Crippen molar-refractivity contribution in [1.29, 1.82) is 0 Å². The number of nitrogens with zero attached hydrogens (tertiary/aromatic N) is 1. The summed E-state index contributed by atoms with van der Waals surface area (Å²) in [5.74, 6) is -0.686. The first-order valence-corrected chi connectivity index (χ1v) is 10.1. The Bertz CT molecular complexity index is 747. The molecule has 0 aromatic heterocycles. The van der Waals surface area contributed by atoms with Gasteiger partial charge in [-0.2, -0.15) is 0 Å². The summed E-state index contributed by atoms with van der Waals surface area (Å²) in [6.45, 7) is 0.891. The van der Waals surface area contributed by atoms with Crippen LogP contribution in [0.15, 0.2) is 29.2 Å². The number of piperidine rings is 1. The van der Waals surface area contributed by atoms with Crippen LogP contribution >= 0.6 is 0 Å². The normalized spacial score (nSPS) is 23.6. The van der Waals surface area contributed by atoms with Crippen molar-refractivity contribution in [3.05, 3.63) is 30.1 Å². The van der Waals surface area contributed by atoms with Crippen LogP contribution in [0.4, 0.5) is 4.39 Å². The lowest BCUT2D eigenvalue weighted by atomic mass is 9.95. The zero-order valence-electron chi connectivity index (χ0n) is 14.1. The molecule has 1 saturated carbocycles. The first-order chi connectivity index (χ1) is 11.8. The van der Waals surface area contributed by atoms with Gasteiger partial charge in [-0.25, -0.2) is 17.5 Å². The average molecular weight is 369 g/mol. The number of nitrogens with two attached hydrogens (primary N) is 1. The molecule has 2 fully saturated rings. The molecule has 25 heavy (non-hydrogen) atoms. The van der Waals surface area contributed by atoms with E-state index in [9.17, 15) is 17.6 Å². The molecule has 1 saturated heterocycles. The molecule has 8 heteroatoms. The molecule has 1 unspecified atom stereocenters. The second kappa shape index (κ2) is 7.01. The van der Waals surface area contributed by atoms with Gasteiger partial charge in [-0.1, -0.05) is 18.9 Å². The molecule has 3 N–H and O–H groups in total. The summed E-state index contributed by atoms with van der Waals surface area (Å²) in [6, 6.07) is 4.50. The summed E-state index contributed by atoms with van der Waals surface area (Å²) in [5.41, 5.74) is 5.44. The molecule has 1 amide bonds. The fourth-order valence-corrected chi connectivity index (χ4v) is 5.01. The Morgan fingerprint density at radius 2 is 2.00 bits per heavy atom. The number of sulfonamides is 1. The number of amides is 1. The maximum Gasteiger partial charge on any atom is 0.242 e. The molecule has 0 spiro atoms. The Balaban J connectivity index is 1.68. The zero-order chi connectivity index (χ0) is 18.1. The summed E-state index contributed by atoms with van der Waals surface area (Å²) < 4.78 is 40.8. The minimum Gasteiger partial charge on any atom is -0.340 e. The van der Waals surface area contributed by atoms with Gasteiger partial charge in [0.05, 0.1) is 10.4 Å². The highest BCUT2D eigenvalue weighted by molar-refractivity contribution is 7.89. The Hall–Kier alpha value is -1.51. The van der Waals surface area contributed by atoms with E-state index in [-0.39, 0.29) is 10.8 Å². The molecule has 1 aliphatic carbocycles. The second-order valence-electron chi connectivity index (χ2n) is 7.03. The molecule has 1 aromatic carbocycles. The number of likely N-dealkylation sites (tertiary alicyclic amines) is 1. The second-order valence-corrected chi connectivity index (χ2v) is 8.75. The number of halogens is 1. The van der Waals surface area contributed by atoms with E-state index < -0.39 is 27.4 Å². The molecular formula is C17H24FN3O3S. The summed E-state index contributed by atoms with van der Waals surface area (Å²) in [4.78, 5) is 14.3. The lowest BCUT2D eigenvalue weighted by Gasteiger charge is -2.37. The summed E-state index contributed by atoms with van der Waals surface area (Å²) in [6.07, 6.45) is 4.61. The molecule has 138 valence electrons. The van der Waals surface area contributed by atoms with Crippen LogP contribution in [0.3, 0.4) is 0 Å². The molecule has 0 radical (unpaired) electrons. The fourth-order valence-electron chi connectivity index (χ4n) is 3.71. The molecule has 1 aliphatic heterocycles. The first kappa shape index (κ1) is 18.3. The van der Waals surface area contributed by atoms with Gasteiger partial charge >= 0.3 is 0 Å². The molecule has 2 aliphatic rings. The number of hydrogen-bond acceptors (Lipinski definition) is 4. The molecule has 3 rings (SSSR count). The molecule has 1 heterocycles. The smallest absolute Gasteiger partial charge is 0.242 e. The van der Waals surface area contributed by atoms with E-state index in [0.29, 0.717) is 38.8 Å². The number of carbonyl (C=O) groups is 1. The minimum atomic E-state index is -3.83. The maximum atomic E-state index is 13.3. The highest BCUT2D eigenvalue weighted by Crippen LogP contribution is 2.30. The van der Waals surface area contributed by atoms with Gasteiger partial charge in [0.1, 0.15) is 5.82 Å². The third-order valence-corrected chi connectivity index (χ3v) is 6.58. The quantitative estimate of drug-likeness (QED) is 0.838. The molecule has 6 nitrogen and oxygen atoms in total. The van der Waals surface area contributed by atoms with Gasteiger partial charge in [-0.3, -0.25) is 4.79 Å². The zero-order valence-corrected chi connectivity index (χ0v) is 14.9. The van der Waals surface area contributed by atoms with Gasteiger partial charge < -0.3 is 10.6 Å². The SMILES string of the molecule is NC1(C(=O)N2CCCC(NS(=O)(=O)c3cccc(F)c3)C2)CCCC1. The van der Waals surface area contributed by atoms with Gasteiger partial charge in [0.15, 0.2) is 0 Å². The number of hydrogen-bond donors (Lipinski definition) is 2. The van der Waals surface area contributed by atoms with Crippen molar-refractivity contribution in [2.24, 2.45) is 5.73 Å². The third-order valence-electron chi connectivity index (χ3n) is 5.06. The molecule has 1 atom stereocenters. The van der Waals surface area contributed by atoms with Crippen molar-refractivity contribution < 1.29 is 17.6 Å². The van der Waals surface area contributed by atoms with Crippen LogP contribution in [0.2, 0.25) is 0 Å². The van der Waals surface area contributed by atoms with Gasteiger partial charge in [0, 0.05) is 19.1 Å². The number of carbonyl (C=O) groups excluding carboxylic acids is 1. The Morgan fingerprint density at radius 3 is 2.68 bits per heavy atom. The van der Waals surface area contributed by atoms with Crippen LogP contribution in [-0.2, 0) is 14.8 Å². The Morgan fingerprint density at radius 1 is 1.28 bits per heavy atom. The third kappa shape index (κ3) is 4.02. The van der Waals surface area contributed by atoms with Crippen LogP contribution in [0.5, 0.6) is 0 Å². The highest BCUT2D eigenvalue weighted by atomic mass is 32.2. The van der Waals surface area contributed by atoms with E-state index in [0.717, 1.165) is 18.9 Å². The van der Waals surface area contributed by atoms with Crippen LogP contribution in [0, 0.1) is 5.82 Å². The largest absolute Gasteiger partial charge is 0.340 e. The van der Waals surface area contributed by atoms with Gasteiger partial charge in [0.25, 0.3) is 0 Å². The lowest BCUT2D eigenvalue weighted by Crippen LogP contribution is -2.58. The van der Waals surface area contributed by atoms with Crippen LogP contribution < -0.4 is 10.5 Å². The predicted molar refractivity (Wildman–Crippen MR) is 91.7 cm³/mol. The van der Waals surface area contributed by atoms with Gasteiger partial charge in [0.2, 0.25) is 15.9 Å². The first-order valence-electron chi connectivity index (χ1n) is 8.66. The van der Waals surface area contributed by atoms with Crippen molar-refractivity contribution in [3.8, 4) is 0 Å². The van der Waals surface area contributed by atoms with Gasteiger partial charge in [-0.15, -0.1) is 0 Å². The van der Waals surface area contributed by atoms with Crippen LogP contribution in [0.1, 0.15) is 38.5 Å². The topological polar surface area (TPSA) is 92.5 Å². The summed E-state index contributed by atoms with van der Waals surface area (Å²) >= 11 is 0. The van der Waals surface area contributed by atoms with E-state index in [1.807, 2.05) is 0 Å². The van der Waals surface area contributed by atoms with Gasteiger partial charge in [-0.05, 0) is 43.9 Å². The minimum absolute atomic E-state index is 0.0837. The highest BCUT2D eigenvalue weighted by Gasteiger charge is 2.41. The average Bonchev–Trinajstić information content (AvgIpc) is 3.02. The van der Waals surface area contributed by atoms with Crippen molar-refractivity contribution in [1.82, 2.24) is 9.62 Å². The summed E-state index contributed by atoms with van der Waals surface area (Å²) in [7, 11) is -3.83. The maximum absolute atomic E-state index is 13.3. The van der Waals surface area contributed by atoms with Crippen LogP contribution in [0.25, 0.3) is 0 Å². The number of benzene rings is 1. The van der Waals surface area contributed by atoms with Crippen molar-refractivity contribution >= 4 is 15.9 Å². The van der Waals surface area contributed by atoms with Crippen molar-refractivity contribution in [3.63, 3.8) is 0 Å². The standard InChI is InChI=1S/C17H24FN3O3S/c18-13-5-3-7-15(11-13)25(23,24)20-14-6-4-10-21(12-14)16(22)17(19)8-1-2-9-17/h3,5,7,11,14,20H,1-2,4,6,8-10,12,19H2. The van der Waals surface area contributed by atoms with E-state index in [1.165, 1.54) is 18.2 Å². The Kier molecular flexibility index (Phi) is 5.13. The van der Waals surface area contributed by atoms with Crippen molar-refractivity contribution in [2.45, 2.75) is 55.0 Å². The van der Waals surface area contributed by atoms with E-state index in [2.05, 4.69) is 4.72 Å². The lowest BCUT2D eigenvalue weighted by molar-refractivity contribution is -0.138. The fraction of sp³-hybridized carbons (Fsp3) is 0.588. The number of nitrogens with one attached hydrogen (secondary N) is 1. The molecule has 1 aromatic rings. The number of rotatable bonds is 4. The monoisotopic (exact) mass is 369 g/mol. The van der Waals surface area contributed by atoms with E-state index in [4.69, 9.17) is 5.73 Å². The summed E-state index contributed by atoms with van der Waals surface area (Å²) in [5, 5.41) is 0. The molecular weight excluding hydrogens is 345 g/mol. The van der Waals surface area contributed by atoms with E-state index >= 15 is 0 Å². The molecule has 0 bridgehead atoms. The predicted octanol–water partition coefficient (Wildman–Crippen LogP) is 1.37.